The van der Waals surface area contributed by atoms with Gasteiger partial charge in [0.05, 0.1) is 12.6 Å². The summed E-state index contributed by atoms with van der Waals surface area (Å²) in [7, 11) is 0. The Morgan fingerprint density at radius 1 is 1.25 bits per heavy atom. The average Bonchev–Trinajstić information content (AvgIpc) is 2.42. The lowest BCUT2D eigenvalue weighted by molar-refractivity contribution is 0.0849. The number of aliphatic hydroxyl groups is 1. The Balaban J connectivity index is 3.18. The van der Waals surface area contributed by atoms with Crippen LogP contribution >= 0.6 is 15.9 Å². The lowest BCUT2D eigenvalue weighted by atomic mass is 9.96. The third-order valence-electron chi connectivity index (χ3n) is 3.85. The highest BCUT2D eigenvalue weighted by Gasteiger charge is 2.29. The predicted molar refractivity (Wildman–Crippen MR) is 88.7 cm³/mol. The van der Waals surface area contributed by atoms with Gasteiger partial charge in [-0.05, 0) is 31.4 Å². The van der Waals surface area contributed by atoms with Crippen LogP contribution in [0.4, 0.5) is 0 Å². The van der Waals surface area contributed by atoms with Crippen molar-refractivity contribution >= 4 is 15.9 Å². The van der Waals surface area contributed by atoms with Crippen molar-refractivity contribution in [2.45, 2.75) is 51.7 Å². The topological polar surface area (TPSA) is 49.5 Å². The van der Waals surface area contributed by atoms with E-state index in [9.17, 15) is 5.11 Å². The second-order valence-corrected chi connectivity index (χ2v) is 6.11. The van der Waals surface area contributed by atoms with E-state index in [1.54, 1.807) is 0 Å². The lowest BCUT2D eigenvalue weighted by Gasteiger charge is -2.40. The van der Waals surface area contributed by atoms with Crippen LogP contribution in [0.1, 0.15) is 45.2 Å². The van der Waals surface area contributed by atoms with Crippen LogP contribution in [0.2, 0.25) is 0 Å². The Bertz CT molecular complexity index is 394. The smallest absolute Gasteiger partial charge is 0.0558 e. The molecule has 0 fully saturated rings. The molecular formula is C16H27BrN2O. The molecule has 1 aromatic rings. The number of nitrogens with zero attached hydrogens (tertiary/aromatic N) is 1. The fourth-order valence-corrected chi connectivity index (χ4v) is 3.42. The Labute approximate surface area is 131 Å². The number of hydrogen-bond acceptors (Lipinski definition) is 3. The maximum absolute atomic E-state index is 9.43. The molecule has 4 heteroatoms. The summed E-state index contributed by atoms with van der Waals surface area (Å²) in [6.07, 6.45) is 2.12. The normalized spacial score (nSPS) is 14.8. The Morgan fingerprint density at radius 3 is 2.30 bits per heavy atom. The Hall–Kier alpha value is -0.420. The summed E-state index contributed by atoms with van der Waals surface area (Å²) >= 11 is 3.63. The molecule has 2 atom stereocenters. The molecule has 0 saturated carbocycles. The first-order valence-corrected chi connectivity index (χ1v) is 8.22. The quantitative estimate of drug-likeness (QED) is 0.761. The first kappa shape index (κ1) is 17.6. The zero-order valence-electron chi connectivity index (χ0n) is 12.7. The van der Waals surface area contributed by atoms with Gasteiger partial charge in [-0.15, -0.1) is 0 Å². The predicted octanol–water partition coefficient (Wildman–Crippen LogP) is 3.32. The van der Waals surface area contributed by atoms with Crippen molar-refractivity contribution in [3.05, 3.63) is 34.3 Å². The van der Waals surface area contributed by atoms with Crippen molar-refractivity contribution in [3.8, 4) is 0 Å². The van der Waals surface area contributed by atoms with Gasteiger partial charge in [-0.3, -0.25) is 4.90 Å². The highest BCUT2D eigenvalue weighted by molar-refractivity contribution is 9.10. The standard InChI is InChI=1S/C16H27BrN2O/c1-4-13(5-2)19(10-11-20)16(12(3)18)14-8-6-7-9-15(14)17/h6-9,12-13,16,20H,4-5,10-11,18H2,1-3H3. The molecule has 0 heterocycles. The van der Waals surface area contributed by atoms with Crippen molar-refractivity contribution in [2.75, 3.05) is 13.2 Å². The molecule has 2 unspecified atom stereocenters. The van der Waals surface area contributed by atoms with E-state index in [0.717, 1.165) is 17.3 Å². The third-order valence-corrected chi connectivity index (χ3v) is 4.57. The lowest BCUT2D eigenvalue weighted by Crippen LogP contribution is -2.46. The molecule has 114 valence electrons. The molecule has 20 heavy (non-hydrogen) atoms. The number of hydrogen-bond donors (Lipinski definition) is 2. The maximum atomic E-state index is 9.43. The van der Waals surface area contributed by atoms with Crippen LogP contribution in [0.5, 0.6) is 0 Å². The molecule has 3 N–H and O–H groups in total. The molecule has 0 aliphatic heterocycles. The van der Waals surface area contributed by atoms with Gasteiger partial charge in [0.1, 0.15) is 0 Å². The van der Waals surface area contributed by atoms with Crippen molar-refractivity contribution in [3.63, 3.8) is 0 Å². The molecule has 0 aromatic heterocycles. The number of benzene rings is 1. The number of halogens is 1. The van der Waals surface area contributed by atoms with Gasteiger partial charge in [-0.25, -0.2) is 0 Å². The molecular weight excluding hydrogens is 316 g/mol. The summed E-state index contributed by atoms with van der Waals surface area (Å²) in [5, 5.41) is 9.43. The van der Waals surface area contributed by atoms with Gasteiger partial charge in [0.2, 0.25) is 0 Å². The molecule has 0 aliphatic rings. The van der Waals surface area contributed by atoms with Gasteiger partial charge in [0, 0.05) is 23.1 Å². The first-order valence-electron chi connectivity index (χ1n) is 7.43. The molecule has 3 nitrogen and oxygen atoms in total. The van der Waals surface area contributed by atoms with E-state index in [-0.39, 0.29) is 18.7 Å². The summed E-state index contributed by atoms with van der Waals surface area (Å²) in [5.74, 6) is 0. The van der Waals surface area contributed by atoms with Gasteiger partial charge < -0.3 is 10.8 Å². The molecule has 0 bridgehead atoms. The number of aliphatic hydroxyl groups excluding tert-OH is 1. The Morgan fingerprint density at radius 2 is 1.85 bits per heavy atom. The van der Waals surface area contributed by atoms with Gasteiger partial charge in [-0.1, -0.05) is 48.0 Å². The molecule has 0 aliphatic carbocycles. The van der Waals surface area contributed by atoms with Crippen molar-refractivity contribution in [1.82, 2.24) is 4.90 Å². The summed E-state index contributed by atoms with van der Waals surface area (Å²) in [4.78, 5) is 2.35. The van der Waals surface area contributed by atoms with Crippen molar-refractivity contribution in [2.24, 2.45) is 5.73 Å². The molecule has 1 rings (SSSR count). The van der Waals surface area contributed by atoms with Gasteiger partial charge in [0.15, 0.2) is 0 Å². The number of rotatable bonds is 8. The van der Waals surface area contributed by atoms with Crippen LogP contribution in [0, 0.1) is 0 Å². The third kappa shape index (κ3) is 4.29. The Kier molecular flexibility index (Phi) is 7.74. The van der Waals surface area contributed by atoms with Gasteiger partial charge >= 0.3 is 0 Å². The van der Waals surface area contributed by atoms with Crippen LogP contribution in [0.25, 0.3) is 0 Å². The highest BCUT2D eigenvalue weighted by atomic mass is 79.9. The fraction of sp³-hybridized carbons (Fsp3) is 0.625. The minimum Gasteiger partial charge on any atom is -0.395 e. The zero-order valence-corrected chi connectivity index (χ0v) is 14.3. The molecule has 0 saturated heterocycles. The van der Waals surface area contributed by atoms with Crippen LogP contribution in [-0.4, -0.2) is 35.2 Å². The van der Waals surface area contributed by atoms with Crippen LogP contribution in [0.15, 0.2) is 28.7 Å². The first-order chi connectivity index (χ1) is 9.56. The molecule has 1 aromatic carbocycles. The number of nitrogens with two attached hydrogens (primary N) is 1. The molecule has 0 amide bonds. The van der Waals surface area contributed by atoms with Crippen LogP contribution in [-0.2, 0) is 0 Å². The zero-order chi connectivity index (χ0) is 15.1. The highest BCUT2D eigenvalue weighted by Crippen LogP contribution is 2.32. The van der Waals surface area contributed by atoms with E-state index in [1.807, 2.05) is 19.1 Å². The monoisotopic (exact) mass is 342 g/mol. The molecule has 0 spiro atoms. The van der Waals surface area contributed by atoms with E-state index in [1.165, 1.54) is 5.56 Å². The van der Waals surface area contributed by atoms with E-state index < -0.39 is 0 Å². The van der Waals surface area contributed by atoms with Gasteiger partial charge in [0.25, 0.3) is 0 Å². The minimum absolute atomic E-state index is 0.000787. The SMILES string of the molecule is CCC(CC)N(CCO)C(c1ccccc1Br)C(C)N. The second-order valence-electron chi connectivity index (χ2n) is 5.26. The summed E-state index contributed by atoms with van der Waals surface area (Å²) in [5.41, 5.74) is 7.47. The molecule has 0 radical (unpaired) electrons. The second kappa shape index (κ2) is 8.78. The fourth-order valence-electron chi connectivity index (χ4n) is 2.90. The summed E-state index contributed by atoms with van der Waals surface area (Å²) < 4.78 is 1.08. The van der Waals surface area contributed by atoms with E-state index in [4.69, 9.17) is 5.73 Å². The summed E-state index contributed by atoms with van der Waals surface area (Å²) in [6.45, 7) is 7.23. The van der Waals surface area contributed by atoms with Crippen LogP contribution < -0.4 is 5.73 Å². The minimum atomic E-state index is 0.000787. The van der Waals surface area contributed by atoms with Gasteiger partial charge in [-0.2, -0.15) is 0 Å². The average molecular weight is 343 g/mol. The van der Waals surface area contributed by atoms with E-state index in [2.05, 4.69) is 46.8 Å². The maximum Gasteiger partial charge on any atom is 0.0558 e. The van der Waals surface area contributed by atoms with Crippen molar-refractivity contribution in [1.29, 1.82) is 0 Å². The van der Waals surface area contributed by atoms with Crippen LogP contribution in [0.3, 0.4) is 0 Å². The van der Waals surface area contributed by atoms with E-state index in [0.29, 0.717) is 12.6 Å². The van der Waals surface area contributed by atoms with E-state index >= 15 is 0 Å². The largest absolute Gasteiger partial charge is 0.395 e. The van der Waals surface area contributed by atoms with Crippen molar-refractivity contribution < 1.29 is 5.11 Å². The summed E-state index contributed by atoms with van der Waals surface area (Å²) in [6, 6.07) is 8.77.